The minimum Gasteiger partial charge on any atom is -0.500 e. The zero-order chi connectivity index (χ0) is 5.98. The Balaban J connectivity index is 2.35. The number of carbonyl (C=O) groups excluding carboxylic acids is 1. The first kappa shape index (κ1) is 5.87. The molecule has 0 aliphatic carbocycles. The summed E-state index contributed by atoms with van der Waals surface area (Å²) in [5.74, 6) is 0. The fraction of sp³-hybridized carbons (Fsp3) is 0.667. The fourth-order valence-electron chi connectivity index (χ4n) is 0.408. The molecular formula is C3H5NO3S. The van der Waals surface area contributed by atoms with Crippen molar-refractivity contribution < 1.29 is 14.1 Å². The number of carbonyl (C=O) groups is 1. The summed E-state index contributed by atoms with van der Waals surface area (Å²) >= 11 is -1.12. The van der Waals surface area contributed by atoms with Crippen molar-refractivity contribution in [3.8, 4) is 0 Å². The minimum atomic E-state index is -1.16. The zero-order valence-electron chi connectivity index (χ0n) is 4.05. The number of hydrogen-bond donors (Lipinski definition) is 1. The third-order valence-electron chi connectivity index (χ3n) is 0.688. The molecule has 1 unspecified atom stereocenters. The zero-order valence-corrected chi connectivity index (χ0v) is 4.86. The minimum absolute atomic E-state index is 0.469. The van der Waals surface area contributed by atoms with Gasteiger partial charge >= 0.3 is 5.30 Å². The molecule has 0 bridgehead atoms. The van der Waals surface area contributed by atoms with Crippen LogP contribution in [0.3, 0.4) is 0 Å². The molecule has 1 rings (SSSR count). The molecule has 8 heavy (non-hydrogen) atoms. The van der Waals surface area contributed by atoms with Gasteiger partial charge in [0, 0.05) is 0 Å². The Labute approximate surface area is 49.5 Å². The van der Waals surface area contributed by atoms with Crippen LogP contribution in [0.4, 0.5) is 4.79 Å². The van der Waals surface area contributed by atoms with E-state index in [1.54, 1.807) is 0 Å². The lowest BCUT2D eigenvalue weighted by Crippen LogP contribution is -2.36. The van der Waals surface area contributed by atoms with Crippen molar-refractivity contribution in [3.63, 3.8) is 0 Å². The van der Waals surface area contributed by atoms with Crippen molar-refractivity contribution in [2.75, 3.05) is 13.2 Å². The molecule has 1 aliphatic rings. The van der Waals surface area contributed by atoms with E-state index < -0.39 is 16.7 Å². The third-order valence-corrected chi connectivity index (χ3v) is 1.86. The molecule has 0 aromatic heterocycles. The van der Waals surface area contributed by atoms with Crippen molar-refractivity contribution in [1.29, 1.82) is 0 Å². The Bertz CT molecular complexity index is 101. The molecule has 0 aromatic rings. The molecule has 0 radical (unpaired) electrons. The van der Waals surface area contributed by atoms with Crippen LogP contribution in [0.25, 0.3) is 0 Å². The molecule has 0 amide bonds. The molecule has 0 saturated carbocycles. The van der Waals surface area contributed by atoms with Crippen LogP contribution in [0.1, 0.15) is 0 Å². The summed E-state index contributed by atoms with van der Waals surface area (Å²) in [6.45, 7) is 1.08. The third kappa shape index (κ3) is 1.12. The van der Waals surface area contributed by atoms with Crippen LogP contribution in [-0.4, -0.2) is 18.5 Å². The normalized spacial score (nSPS) is 28.2. The predicted octanol–water partition coefficient (Wildman–Crippen LogP) is -1.60. The first-order chi connectivity index (χ1) is 3.80. The second kappa shape index (κ2) is 2.34. The first-order valence-electron chi connectivity index (χ1n) is 2.13. The van der Waals surface area contributed by atoms with Gasteiger partial charge in [0.05, 0.1) is 6.54 Å². The summed E-state index contributed by atoms with van der Waals surface area (Å²) in [6, 6.07) is 0. The standard InChI is InChI=1S/C3H5NO3S/c5-3(6)8-4-1-2-7-8/h4H,1-2H2. The van der Waals surface area contributed by atoms with Gasteiger partial charge in [-0.15, -0.1) is 4.18 Å². The smallest absolute Gasteiger partial charge is 0.334 e. The van der Waals surface area contributed by atoms with Crippen LogP contribution in [0.15, 0.2) is 0 Å². The number of rotatable bonds is 0. The van der Waals surface area contributed by atoms with E-state index in [2.05, 4.69) is 8.91 Å². The maximum Gasteiger partial charge on any atom is 0.334 e. The highest BCUT2D eigenvalue weighted by Gasteiger charge is 2.29. The average molecular weight is 135 g/mol. The quantitative estimate of drug-likeness (QED) is 0.406. The molecule has 4 nitrogen and oxygen atoms in total. The van der Waals surface area contributed by atoms with Gasteiger partial charge in [0.25, 0.3) is 11.4 Å². The van der Waals surface area contributed by atoms with E-state index in [0.717, 1.165) is 0 Å². The Kier molecular flexibility index (Phi) is 1.72. The maximum atomic E-state index is 9.92. The van der Waals surface area contributed by atoms with Crippen LogP contribution >= 0.6 is 0 Å². The lowest BCUT2D eigenvalue weighted by molar-refractivity contribution is -0.233. The average Bonchev–Trinajstić information content (AvgIpc) is 2.12. The van der Waals surface area contributed by atoms with E-state index in [9.17, 15) is 9.90 Å². The molecule has 46 valence electrons. The Morgan fingerprint density at radius 1 is 1.88 bits per heavy atom. The van der Waals surface area contributed by atoms with Crippen LogP contribution in [0.5, 0.6) is 0 Å². The Morgan fingerprint density at radius 3 is 2.88 bits per heavy atom. The molecule has 1 atom stereocenters. The van der Waals surface area contributed by atoms with Crippen LogP contribution < -0.4 is 9.83 Å². The highest BCUT2D eigenvalue weighted by Crippen LogP contribution is 1.98. The van der Waals surface area contributed by atoms with Crippen LogP contribution in [0, 0.1) is 0 Å². The summed E-state index contributed by atoms with van der Waals surface area (Å²) in [6.07, 6.45) is 0. The highest BCUT2D eigenvalue weighted by atomic mass is 32.2. The maximum absolute atomic E-state index is 9.92. The number of carboxylic acid groups (broad SMARTS) is 1. The molecule has 1 N–H and O–H groups in total. The van der Waals surface area contributed by atoms with Gasteiger partial charge in [-0.2, -0.15) is 0 Å². The van der Waals surface area contributed by atoms with Crippen molar-refractivity contribution in [2.24, 2.45) is 0 Å². The van der Waals surface area contributed by atoms with E-state index in [-0.39, 0.29) is 0 Å². The van der Waals surface area contributed by atoms with Gasteiger partial charge in [0.2, 0.25) is 0 Å². The lowest BCUT2D eigenvalue weighted by atomic mass is 10.8. The summed E-state index contributed by atoms with van der Waals surface area (Å²) in [7, 11) is 0. The summed E-state index contributed by atoms with van der Waals surface area (Å²) in [4.78, 5) is 9.92. The highest BCUT2D eigenvalue weighted by molar-refractivity contribution is 8.04. The molecule has 1 heterocycles. The molecule has 1 fully saturated rings. The van der Waals surface area contributed by atoms with Gasteiger partial charge in [-0.25, -0.2) is 0 Å². The largest absolute Gasteiger partial charge is 0.500 e. The second-order valence-corrected chi connectivity index (χ2v) is 2.63. The Hall–Kier alpha value is -0.260. The lowest BCUT2D eigenvalue weighted by Gasteiger charge is -1.91. The summed E-state index contributed by atoms with van der Waals surface area (Å²) in [5.41, 5.74) is 0. The predicted molar refractivity (Wildman–Crippen MR) is 26.7 cm³/mol. The summed E-state index contributed by atoms with van der Waals surface area (Å²) < 4.78 is 7.27. The molecule has 5 heteroatoms. The van der Waals surface area contributed by atoms with Gasteiger partial charge in [0.15, 0.2) is 0 Å². The monoisotopic (exact) mass is 135 g/mol. The van der Waals surface area contributed by atoms with Crippen LogP contribution in [0.2, 0.25) is 0 Å². The number of hydrogen-bond acceptors (Lipinski definition) is 4. The van der Waals surface area contributed by atoms with Crippen molar-refractivity contribution >= 4 is 16.7 Å². The first-order valence-corrected chi connectivity index (χ1v) is 3.28. The van der Waals surface area contributed by atoms with Gasteiger partial charge < -0.3 is 9.90 Å². The van der Waals surface area contributed by atoms with E-state index in [1.807, 2.05) is 0 Å². The molecule has 0 aromatic carbocycles. The SMILES string of the molecule is O=C([O-])[S+]1NCCO1. The Morgan fingerprint density at radius 2 is 2.62 bits per heavy atom. The second-order valence-electron chi connectivity index (χ2n) is 1.24. The van der Waals surface area contributed by atoms with Gasteiger partial charge in [0.1, 0.15) is 6.61 Å². The van der Waals surface area contributed by atoms with E-state index in [1.165, 1.54) is 0 Å². The van der Waals surface area contributed by atoms with Crippen molar-refractivity contribution in [2.45, 2.75) is 0 Å². The molecule has 1 aliphatic heterocycles. The fourth-order valence-corrected chi connectivity index (χ4v) is 1.22. The van der Waals surface area contributed by atoms with Crippen molar-refractivity contribution in [3.05, 3.63) is 0 Å². The number of nitrogens with one attached hydrogen (secondary N) is 1. The van der Waals surface area contributed by atoms with E-state index in [0.29, 0.717) is 13.2 Å². The van der Waals surface area contributed by atoms with Gasteiger partial charge in [-0.3, -0.25) is 0 Å². The van der Waals surface area contributed by atoms with Gasteiger partial charge in [-0.05, 0) is 0 Å². The molecule has 0 spiro atoms. The summed E-state index contributed by atoms with van der Waals surface area (Å²) in [5, 5.41) is 8.75. The molecular weight excluding hydrogens is 130 g/mol. The van der Waals surface area contributed by atoms with Gasteiger partial charge in [-0.1, -0.05) is 4.72 Å². The van der Waals surface area contributed by atoms with E-state index in [4.69, 9.17) is 0 Å². The topological polar surface area (TPSA) is 61.4 Å². The van der Waals surface area contributed by atoms with E-state index >= 15 is 0 Å². The molecule has 1 saturated heterocycles. The van der Waals surface area contributed by atoms with Crippen molar-refractivity contribution in [1.82, 2.24) is 4.72 Å². The van der Waals surface area contributed by atoms with Crippen LogP contribution in [-0.2, 0) is 15.5 Å².